The highest BCUT2D eigenvalue weighted by molar-refractivity contribution is 5.99. The molecule has 0 fully saturated rings. The summed E-state index contributed by atoms with van der Waals surface area (Å²) in [6.45, 7) is 5.93. The number of hydrogen-bond donors (Lipinski definition) is 0. The van der Waals surface area contributed by atoms with E-state index in [1.807, 2.05) is 12.1 Å². The Hall–Kier alpha value is -1.37. The lowest BCUT2D eigenvalue weighted by Gasteiger charge is -2.08. The van der Waals surface area contributed by atoms with Gasteiger partial charge in [-0.05, 0) is 25.0 Å². The van der Waals surface area contributed by atoms with E-state index in [1.54, 1.807) is 6.92 Å². The Morgan fingerprint density at radius 1 is 1.36 bits per heavy atom. The summed E-state index contributed by atoms with van der Waals surface area (Å²) in [6, 6.07) is 5.99. The van der Waals surface area contributed by atoms with Gasteiger partial charge in [0.1, 0.15) is 0 Å². The summed E-state index contributed by atoms with van der Waals surface area (Å²) in [5.74, 6) is 0.615. The highest BCUT2D eigenvalue weighted by Crippen LogP contribution is 2.37. The maximum absolute atomic E-state index is 11.4. The van der Waals surface area contributed by atoms with Crippen molar-refractivity contribution in [1.29, 1.82) is 0 Å². The van der Waals surface area contributed by atoms with Crippen LogP contribution in [-0.2, 0) is 0 Å². The maximum atomic E-state index is 11.4. The van der Waals surface area contributed by atoms with Gasteiger partial charge in [0.15, 0.2) is 5.78 Å². The first-order chi connectivity index (χ1) is 6.61. The van der Waals surface area contributed by atoms with Crippen LogP contribution in [0, 0.1) is 0 Å². The average molecular weight is 186 g/mol. The lowest BCUT2D eigenvalue weighted by Crippen LogP contribution is -1.98. The Kier molecular flexibility index (Phi) is 2.03. The molecule has 1 atom stereocenters. The van der Waals surface area contributed by atoms with Crippen LogP contribution in [-0.4, -0.2) is 5.78 Å². The third kappa shape index (κ3) is 1.20. The van der Waals surface area contributed by atoms with Crippen LogP contribution < -0.4 is 0 Å². The summed E-state index contributed by atoms with van der Waals surface area (Å²) in [5.41, 5.74) is 4.61. The Morgan fingerprint density at radius 2 is 2.07 bits per heavy atom. The molecule has 0 amide bonds. The van der Waals surface area contributed by atoms with Crippen LogP contribution in [0.3, 0.4) is 0 Å². The predicted octanol–water partition coefficient (Wildman–Crippen LogP) is 3.41. The highest BCUT2D eigenvalue weighted by atomic mass is 16.1. The van der Waals surface area contributed by atoms with Gasteiger partial charge in [0.25, 0.3) is 0 Å². The zero-order valence-corrected chi connectivity index (χ0v) is 8.79. The summed E-state index contributed by atoms with van der Waals surface area (Å²) >= 11 is 0. The van der Waals surface area contributed by atoms with Crippen LogP contribution in [0.15, 0.2) is 23.8 Å². The Morgan fingerprint density at radius 3 is 2.71 bits per heavy atom. The second kappa shape index (κ2) is 3.09. The fourth-order valence-electron chi connectivity index (χ4n) is 2.03. The summed E-state index contributed by atoms with van der Waals surface area (Å²) in [6.07, 6.45) is 2.14. The van der Waals surface area contributed by atoms with Gasteiger partial charge in [0.2, 0.25) is 0 Å². The van der Waals surface area contributed by atoms with Gasteiger partial charge in [-0.2, -0.15) is 0 Å². The van der Waals surface area contributed by atoms with E-state index < -0.39 is 0 Å². The van der Waals surface area contributed by atoms with E-state index >= 15 is 0 Å². The summed E-state index contributed by atoms with van der Waals surface area (Å²) in [4.78, 5) is 11.4. The van der Waals surface area contributed by atoms with Gasteiger partial charge in [-0.25, -0.2) is 0 Å². The molecular weight excluding hydrogens is 172 g/mol. The normalized spacial score (nSPS) is 19.1. The minimum absolute atomic E-state index is 0.153. The molecule has 1 nitrogen and oxygen atoms in total. The minimum atomic E-state index is 0.153. The first kappa shape index (κ1) is 9.20. The number of ketones is 1. The largest absolute Gasteiger partial charge is 0.294 e. The van der Waals surface area contributed by atoms with Crippen LogP contribution in [0.25, 0.3) is 6.08 Å². The molecule has 0 spiro atoms. The van der Waals surface area contributed by atoms with Gasteiger partial charge in [0, 0.05) is 11.5 Å². The molecule has 1 aliphatic carbocycles. The summed E-state index contributed by atoms with van der Waals surface area (Å²) < 4.78 is 0. The zero-order chi connectivity index (χ0) is 10.3. The third-order valence-corrected chi connectivity index (χ3v) is 3.04. The first-order valence-corrected chi connectivity index (χ1v) is 4.93. The molecule has 0 heterocycles. The van der Waals surface area contributed by atoms with Crippen LogP contribution >= 0.6 is 0 Å². The minimum Gasteiger partial charge on any atom is -0.294 e. The van der Waals surface area contributed by atoms with Gasteiger partial charge < -0.3 is 0 Å². The van der Waals surface area contributed by atoms with E-state index in [9.17, 15) is 4.79 Å². The average Bonchev–Trinajstić information content (AvgIpc) is 2.43. The Bertz CT molecular complexity index is 427. The molecule has 0 saturated carbocycles. The van der Waals surface area contributed by atoms with Crippen molar-refractivity contribution in [3.63, 3.8) is 0 Å². The molecule has 2 rings (SSSR count). The van der Waals surface area contributed by atoms with E-state index in [0.29, 0.717) is 5.92 Å². The van der Waals surface area contributed by atoms with Crippen molar-refractivity contribution in [1.82, 2.24) is 0 Å². The van der Waals surface area contributed by atoms with E-state index in [-0.39, 0.29) is 5.78 Å². The number of Topliss-reactive ketones (excluding diaryl/α,β-unsaturated/α-hetero) is 1. The van der Waals surface area contributed by atoms with Crippen molar-refractivity contribution in [2.24, 2.45) is 0 Å². The lowest BCUT2D eigenvalue weighted by molar-refractivity contribution is 0.101. The molecule has 0 bridgehead atoms. The fourth-order valence-corrected chi connectivity index (χ4v) is 2.03. The molecule has 0 saturated heterocycles. The number of allylic oxidation sites excluding steroid dienone is 1. The van der Waals surface area contributed by atoms with Crippen molar-refractivity contribution in [3.8, 4) is 0 Å². The number of carbonyl (C=O) groups excluding carboxylic acids is 1. The third-order valence-electron chi connectivity index (χ3n) is 3.04. The first-order valence-electron chi connectivity index (χ1n) is 4.93. The van der Waals surface area contributed by atoms with Crippen LogP contribution in [0.2, 0.25) is 0 Å². The maximum Gasteiger partial charge on any atom is 0.160 e. The van der Waals surface area contributed by atoms with Gasteiger partial charge >= 0.3 is 0 Å². The molecule has 72 valence electrons. The number of rotatable bonds is 1. The second-order valence-electron chi connectivity index (χ2n) is 3.97. The molecule has 1 aliphatic rings. The van der Waals surface area contributed by atoms with E-state index in [2.05, 4.69) is 26.0 Å². The van der Waals surface area contributed by atoms with E-state index in [0.717, 1.165) is 11.1 Å². The molecule has 0 aromatic heterocycles. The quantitative estimate of drug-likeness (QED) is 0.614. The van der Waals surface area contributed by atoms with Crippen LogP contribution in [0.5, 0.6) is 0 Å². The monoisotopic (exact) mass is 186 g/mol. The molecule has 0 radical (unpaired) electrons. The standard InChI is InChI=1S/C13H14O/c1-8-7-13-11(9(8)2)5-4-6-12(13)10(3)14/h4-7,9H,1-3H3. The smallest absolute Gasteiger partial charge is 0.160 e. The molecule has 0 N–H and O–H groups in total. The molecule has 1 heteroatoms. The highest BCUT2D eigenvalue weighted by Gasteiger charge is 2.21. The van der Waals surface area contributed by atoms with Gasteiger partial charge in [-0.15, -0.1) is 0 Å². The molecule has 1 aromatic carbocycles. The number of hydrogen-bond acceptors (Lipinski definition) is 1. The van der Waals surface area contributed by atoms with Gasteiger partial charge in [-0.1, -0.05) is 36.8 Å². The van der Waals surface area contributed by atoms with Gasteiger partial charge in [-0.3, -0.25) is 4.79 Å². The number of benzene rings is 1. The van der Waals surface area contributed by atoms with Crippen molar-refractivity contribution in [2.45, 2.75) is 26.7 Å². The molecular formula is C13H14O. The number of fused-ring (bicyclic) bond motifs is 1. The summed E-state index contributed by atoms with van der Waals surface area (Å²) in [5, 5.41) is 0. The van der Waals surface area contributed by atoms with Crippen LogP contribution in [0.4, 0.5) is 0 Å². The predicted molar refractivity (Wildman–Crippen MR) is 58.5 cm³/mol. The fraction of sp³-hybridized carbons (Fsp3) is 0.308. The summed E-state index contributed by atoms with van der Waals surface area (Å²) in [7, 11) is 0. The molecule has 1 aromatic rings. The van der Waals surface area contributed by atoms with E-state index in [4.69, 9.17) is 0 Å². The van der Waals surface area contributed by atoms with Gasteiger partial charge in [0.05, 0.1) is 0 Å². The van der Waals surface area contributed by atoms with Crippen molar-refractivity contribution in [2.75, 3.05) is 0 Å². The van der Waals surface area contributed by atoms with Crippen molar-refractivity contribution < 1.29 is 4.79 Å². The lowest BCUT2D eigenvalue weighted by atomic mass is 9.95. The van der Waals surface area contributed by atoms with Crippen molar-refractivity contribution in [3.05, 3.63) is 40.5 Å². The number of carbonyl (C=O) groups is 1. The topological polar surface area (TPSA) is 17.1 Å². The second-order valence-corrected chi connectivity index (χ2v) is 3.97. The van der Waals surface area contributed by atoms with Crippen LogP contribution in [0.1, 0.15) is 48.2 Å². The molecule has 1 unspecified atom stereocenters. The zero-order valence-electron chi connectivity index (χ0n) is 8.79. The molecule has 0 aliphatic heterocycles. The SMILES string of the molecule is CC(=O)c1cccc2c1C=C(C)C2C. The van der Waals surface area contributed by atoms with Crippen molar-refractivity contribution >= 4 is 11.9 Å². The van der Waals surface area contributed by atoms with E-state index in [1.165, 1.54) is 11.1 Å². The molecule has 14 heavy (non-hydrogen) atoms. The Balaban J connectivity index is 2.65. The Labute approximate surface area is 84.5 Å².